The van der Waals surface area contributed by atoms with Crippen LogP contribution in [-0.2, 0) is 12.7 Å². The first-order valence-electron chi connectivity index (χ1n) is 13.0. The zero-order valence-corrected chi connectivity index (χ0v) is 23.4. The summed E-state index contributed by atoms with van der Waals surface area (Å²) >= 11 is 1.53. The molecule has 4 rings (SSSR count). The van der Waals surface area contributed by atoms with Crippen LogP contribution in [0.5, 0.6) is 0 Å². The Hall–Kier alpha value is -3.58. The van der Waals surface area contributed by atoms with Gasteiger partial charge in [0, 0.05) is 50.9 Å². The highest BCUT2D eigenvalue weighted by molar-refractivity contribution is 7.09. The van der Waals surface area contributed by atoms with Gasteiger partial charge in [-0.15, -0.1) is 11.3 Å². The number of aromatic nitrogens is 3. The molecule has 1 aliphatic heterocycles. The smallest absolute Gasteiger partial charge is 0.351 e. The van der Waals surface area contributed by atoms with E-state index in [0.29, 0.717) is 31.6 Å². The van der Waals surface area contributed by atoms with Gasteiger partial charge in [0.1, 0.15) is 16.4 Å². The molecule has 40 heavy (non-hydrogen) atoms. The number of likely N-dealkylation sites (tertiary alicyclic amines) is 1. The Labute approximate surface area is 234 Å². The molecule has 1 atom stereocenters. The summed E-state index contributed by atoms with van der Waals surface area (Å²) in [6.45, 7) is 3.58. The SMILES string of the molecule is Cc1csc(C2CCCN2C(=O)c2cc(C(=O)NCCCNCc3cccc(C(F)(F)F)c3)nc(N(C)C)n2)n1. The van der Waals surface area contributed by atoms with Gasteiger partial charge in [-0.3, -0.25) is 9.59 Å². The number of hydrogen-bond donors (Lipinski definition) is 2. The summed E-state index contributed by atoms with van der Waals surface area (Å²) in [5.41, 5.74) is 0.989. The minimum Gasteiger partial charge on any atom is -0.351 e. The Morgan fingerprint density at radius 2 is 1.90 bits per heavy atom. The predicted molar refractivity (Wildman–Crippen MR) is 146 cm³/mol. The molecule has 13 heteroatoms. The van der Waals surface area contributed by atoms with Gasteiger partial charge in [-0.2, -0.15) is 13.2 Å². The van der Waals surface area contributed by atoms with Gasteiger partial charge in [0.05, 0.1) is 11.6 Å². The zero-order chi connectivity index (χ0) is 28.9. The van der Waals surface area contributed by atoms with Crippen molar-refractivity contribution >= 4 is 29.1 Å². The Bertz CT molecular complexity index is 1350. The maximum atomic E-state index is 13.5. The summed E-state index contributed by atoms with van der Waals surface area (Å²) in [6, 6.07) is 6.46. The summed E-state index contributed by atoms with van der Waals surface area (Å²) in [7, 11) is 3.47. The van der Waals surface area contributed by atoms with E-state index in [1.54, 1.807) is 30.0 Å². The summed E-state index contributed by atoms with van der Waals surface area (Å²) in [6.07, 6.45) is -2.16. The molecule has 1 aliphatic rings. The van der Waals surface area contributed by atoms with Gasteiger partial charge in [-0.25, -0.2) is 15.0 Å². The number of nitrogens with zero attached hydrogens (tertiary/aromatic N) is 5. The topological polar surface area (TPSA) is 103 Å². The van der Waals surface area contributed by atoms with E-state index >= 15 is 0 Å². The van der Waals surface area contributed by atoms with Crippen LogP contribution in [0.15, 0.2) is 35.7 Å². The lowest BCUT2D eigenvalue weighted by Gasteiger charge is -2.23. The molecule has 2 aromatic heterocycles. The van der Waals surface area contributed by atoms with Gasteiger partial charge < -0.3 is 20.4 Å². The molecule has 0 bridgehead atoms. The summed E-state index contributed by atoms with van der Waals surface area (Å²) in [4.78, 5) is 43.1. The number of amides is 2. The molecular weight excluding hydrogens is 543 g/mol. The highest BCUT2D eigenvalue weighted by atomic mass is 32.1. The predicted octanol–water partition coefficient (Wildman–Crippen LogP) is 4.21. The van der Waals surface area contributed by atoms with E-state index in [-0.39, 0.29) is 35.8 Å². The lowest BCUT2D eigenvalue weighted by molar-refractivity contribution is -0.137. The lowest BCUT2D eigenvalue weighted by Crippen LogP contribution is -2.33. The Morgan fingerprint density at radius 3 is 2.60 bits per heavy atom. The molecule has 0 aliphatic carbocycles. The molecule has 1 unspecified atom stereocenters. The number of alkyl halides is 3. The molecule has 2 amide bonds. The van der Waals surface area contributed by atoms with Crippen LogP contribution in [0.2, 0.25) is 0 Å². The van der Waals surface area contributed by atoms with Crippen LogP contribution in [0.3, 0.4) is 0 Å². The molecule has 1 saturated heterocycles. The molecular formula is C27H32F3N7O2S. The van der Waals surface area contributed by atoms with E-state index in [2.05, 4.69) is 25.6 Å². The molecule has 3 heterocycles. The minimum absolute atomic E-state index is 0.0832. The first-order valence-corrected chi connectivity index (χ1v) is 13.9. The Morgan fingerprint density at radius 1 is 1.12 bits per heavy atom. The van der Waals surface area contributed by atoms with Gasteiger partial charge in [0.15, 0.2) is 0 Å². The van der Waals surface area contributed by atoms with E-state index in [1.807, 2.05) is 12.3 Å². The zero-order valence-electron chi connectivity index (χ0n) is 22.6. The van der Waals surface area contributed by atoms with Crippen molar-refractivity contribution in [1.82, 2.24) is 30.5 Å². The average molecular weight is 576 g/mol. The van der Waals surface area contributed by atoms with Crippen molar-refractivity contribution in [3.63, 3.8) is 0 Å². The normalized spacial score (nSPS) is 15.3. The Balaban J connectivity index is 1.34. The van der Waals surface area contributed by atoms with Crippen molar-refractivity contribution < 1.29 is 22.8 Å². The quantitative estimate of drug-likeness (QED) is 0.349. The summed E-state index contributed by atoms with van der Waals surface area (Å²) < 4.78 is 38.6. The third-order valence-corrected chi connectivity index (χ3v) is 7.46. The minimum atomic E-state index is -4.38. The van der Waals surface area contributed by atoms with Gasteiger partial charge >= 0.3 is 6.18 Å². The van der Waals surface area contributed by atoms with Crippen molar-refractivity contribution in [2.45, 2.75) is 44.9 Å². The lowest BCUT2D eigenvalue weighted by atomic mass is 10.1. The molecule has 0 saturated carbocycles. The van der Waals surface area contributed by atoms with Crippen LogP contribution >= 0.6 is 11.3 Å². The first kappa shape index (κ1) is 29.4. The van der Waals surface area contributed by atoms with Gasteiger partial charge in [0.25, 0.3) is 11.8 Å². The van der Waals surface area contributed by atoms with E-state index in [4.69, 9.17) is 0 Å². The largest absolute Gasteiger partial charge is 0.416 e. The van der Waals surface area contributed by atoms with Crippen LogP contribution in [-0.4, -0.2) is 65.4 Å². The van der Waals surface area contributed by atoms with Crippen LogP contribution in [0.4, 0.5) is 19.1 Å². The fraction of sp³-hybridized carbons (Fsp3) is 0.444. The third kappa shape index (κ3) is 7.33. The molecule has 3 aromatic rings. The van der Waals surface area contributed by atoms with E-state index in [9.17, 15) is 22.8 Å². The number of aryl methyl sites for hydroxylation is 1. The fourth-order valence-electron chi connectivity index (χ4n) is 4.40. The highest BCUT2D eigenvalue weighted by Gasteiger charge is 2.34. The van der Waals surface area contributed by atoms with E-state index in [1.165, 1.54) is 23.5 Å². The number of halogens is 3. The number of carbonyl (C=O) groups excluding carboxylic acids is 2. The Kier molecular flexibility index (Phi) is 9.36. The number of hydrogen-bond acceptors (Lipinski definition) is 8. The second-order valence-electron chi connectivity index (χ2n) is 9.80. The van der Waals surface area contributed by atoms with E-state index < -0.39 is 17.6 Å². The van der Waals surface area contributed by atoms with Gasteiger partial charge in [-0.1, -0.05) is 18.2 Å². The molecule has 1 fully saturated rings. The van der Waals surface area contributed by atoms with Crippen LogP contribution < -0.4 is 15.5 Å². The maximum Gasteiger partial charge on any atom is 0.416 e. The highest BCUT2D eigenvalue weighted by Crippen LogP contribution is 2.35. The maximum absolute atomic E-state index is 13.5. The number of carbonyl (C=O) groups is 2. The third-order valence-electron chi connectivity index (χ3n) is 6.40. The van der Waals surface area contributed by atoms with Crippen molar-refractivity contribution in [2.24, 2.45) is 0 Å². The average Bonchev–Trinajstić information content (AvgIpc) is 3.58. The molecule has 0 radical (unpaired) electrons. The molecule has 1 aromatic carbocycles. The van der Waals surface area contributed by atoms with Crippen LogP contribution in [0, 0.1) is 6.92 Å². The van der Waals surface area contributed by atoms with E-state index in [0.717, 1.165) is 35.7 Å². The summed E-state index contributed by atoms with van der Waals surface area (Å²) in [5, 5.41) is 8.74. The second-order valence-corrected chi connectivity index (χ2v) is 10.7. The monoisotopic (exact) mass is 575 g/mol. The summed E-state index contributed by atoms with van der Waals surface area (Å²) in [5.74, 6) is -0.459. The number of nitrogens with one attached hydrogen (secondary N) is 2. The molecule has 2 N–H and O–H groups in total. The number of benzene rings is 1. The van der Waals surface area contributed by atoms with Gasteiger partial charge in [0.2, 0.25) is 5.95 Å². The van der Waals surface area contributed by atoms with Crippen molar-refractivity contribution in [3.8, 4) is 0 Å². The van der Waals surface area contributed by atoms with Crippen molar-refractivity contribution in [2.75, 3.05) is 38.6 Å². The number of thiazole rings is 1. The molecule has 0 spiro atoms. The molecule has 214 valence electrons. The standard InChI is InChI=1S/C27H32F3N7O2S/c1-17-16-40-24(33-17)22-9-5-12-37(22)25(39)21-14-20(34-26(35-21)36(2)3)23(38)32-11-6-10-31-15-18-7-4-8-19(13-18)27(28,29)30/h4,7-8,13-14,16,22,31H,5-6,9-12,15H2,1-3H3,(H,32,38). The second kappa shape index (κ2) is 12.7. The van der Waals surface area contributed by atoms with Crippen LogP contribution in [0.25, 0.3) is 0 Å². The van der Waals surface area contributed by atoms with Crippen molar-refractivity contribution in [3.05, 3.63) is 68.9 Å². The first-order chi connectivity index (χ1) is 19.0. The van der Waals surface area contributed by atoms with Crippen molar-refractivity contribution in [1.29, 1.82) is 0 Å². The molecule has 9 nitrogen and oxygen atoms in total. The number of anilines is 1. The van der Waals surface area contributed by atoms with Crippen LogP contribution in [0.1, 0.15) is 68.1 Å². The number of rotatable bonds is 10. The van der Waals surface area contributed by atoms with Gasteiger partial charge in [-0.05, 0) is 44.4 Å². The fourth-order valence-corrected chi connectivity index (χ4v) is 5.34.